The zero-order chi connectivity index (χ0) is 14.0. The van der Waals surface area contributed by atoms with Gasteiger partial charge in [0.05, 0.1) is 18.6 Å². The minimum Gasteiger partial charge on any atom is -0.379 e. The van der Waals surface area contributed by atoms with Crippen molar-refractivity contribution in [3.8, 4) is 0 Å². The Hall–Kier alpha value is -1.62. The molecule has 0 aliphatic carbocycles. The van der Waals surface area contributed by atoms with Gasteiger partial charge in [-0.1, -0.05) is 6.07 Å². The molecule has 3 heterocycles. The smallest absolute Gasteiger partial charge is 0.230 e. The standard InChI is InChI=1S/C15H21N3O2/c1-15(10-20-11-15)14(19)17-9-12-5-4-6-16-13(12)18-7-2-3-8-18/h4-6H,2-3,7-11H2,1H3,(H,17,19). The van der Waals surface area contributed by atoms with Crippen LogP contribution in [-0.2, 0) is 16.1 Å². The molecule has 0 radical (unpaired) electrons. The number of hydrogen-bond acceptors (Lipinski definition) is 4. The molecule has 5 heteroatoms. The number of nitrogens with one attached hydrogen (secondary N) is 1. The number of aromatic nitrogens is 1. The molecule has 0 bridgehead atoms. The summed E-state index contributed by atoms with van der Waals surface area (Å²) in [4.78, 5) is 18.9. The molecule has 3 rings (SSSR count). The Kier molecular flexibility index (Phi) is 3.61. The van der Waals surface area contributed by atoms with E-state index >= 15 is 0 Å². The van der Waals surface area contributed by atoms with Crippen LogP contribution in [0, 0.1) is 5.41 Å². The molecule has 0 atom stereocenters. The zero-order valence-electron chi connectivity index (χ0n) is 11.9. The SMILES string of the molecule is CC1(C(=O)NCc2cccnc2N2CCCC2)COC1. The van der Waals surface area contributed by atoms with Crippen LogP contribution in [0.25, 0.3) is 0 Å². The Morgan fingerprint density at radius 2 is 2.20 bits per heavy atom. The third kappa shape index (κ3) is 2.50. The maximum absolute atomic E-state index is 12.1. The highest BCUT2D eigenvalue weighted by Gasteiger charge is 2.40. The summed E-state index contributed by atoms with van der Waals surface area (Å²) < 4.78 is 5.13. The first-order chi connectivity index (χ1) is 9.69. The lowest BCUT2D eigenvalue weighted by Crippen LogP contribution is -2.51. The van der Waals surface area contributed by atoms with Crippen LogP contribution in [0.1, 0.15) is 25.3 Å². The second kappa shape index (κ2) is 5.40. The predicted molar refractivity (Wildman–Crippen MR) is 76.5 cm³/mol. The second-order valence-corrected chi connectivity index (χ2v) is 5.92. The number of nitrogens with zero attached hydrogens (tertiary/aromatic N) is 2. The minimum atomic E-state index is -0.351. The Morgan fingerprint density at radius 1 is 1.45 bits per heavy atom. The summed E-state index contributed by atoms with van der Waals surface area (Å²) in [7, 11) is 0. The molecule has 2 aliphatic heterocycles. The van der Waals surface area contributed by atoms with Crippen LogP contribution < -0.4 is 10.2 Å². The highest BCUT2D eigenvalue weighted by Crippen LogP contribution is 2.27. The lowest BCUT2D eigenvalue weighted by Gasteiger charge is -2.36. The van der Waals surface area contributed by atoms with E-state index in [-0.39, 0.29) is 11.3 Å². The number of amides is 1. The molecule has 2 saturated heterocycles. The van der Waals surface area contributed by atoms with Crippen molar-refractivity contribution >= 4 is 11.7 Å². The first-order valence-electron chi connectivity index (χ1n) is 7.24. The molecule has 5 nitrogen and oxygen atoms in total. The van der Waals surface area contributed by atoms with E-state index in [0.29, 0.717) is 19.8 Å². The third-order valence-electron chi connectivity index (χ3n) is 4.10. The van der Waals surface area contributed by atoms with Crippen LogP contribution >= 0.6 is 0 Å². The molecule has 0 saturated carbocycles. The van der Waals surface area contributed by atoms with E-state index in [1.54, 1.807) is 0 Å². The number of hydrogen-bond donors (Lipinski definition) is 1. The van der Waals surface area contributed by atoms with Crippen LogP contribution in [-0.4, -0.2) is 37.2 Å². The van der Waals surface area contributed by atoms with Crippen molar-refractivity contribution in [1.82, 2.24) is 10.3 Å². The molecular weight excluding hydrogens is 254 g/mol. The van der Waals surface area contributed by atoms with Gasteiger partial charge in [-0.3, -0.25) is 4.79 Å². The first kappa shape index (κ1) is 13.4. The summed E-state index contributed by atoms with van der Waals surface area (Å²) >= 11 is 0. The normalized spacial score (nSPS) is 20.6. The van der Waals surface area contributed by atoms with Crippen molar-refractivity contribution in [3.63, 3.8) is 0 Å². The molecule has 108 valence electrons. The third-order valence-corrected chi connectivity index (χ3v) is 4.10. The van der Waals surface area contributed by atoms with E-state index in [4.69, 9.17) is 4.74 Å². The number of pyridine rings is 1. The van der Waals surface area contributed by atoms with Crippen LogP contribution in [0.4, 0.5) is 5.82 Å². The fraction of sp³-hybridized carbons (Fsp3) is 0.600. The highest BCUT2D eigenvalue weighted by molar-refractivity contribution is 5.83. The molecule has 0 aromatic carbocycles. The van der Waals surface area contributed by atoms with Gasteiger partial charge in [0.25, 0.3) is 0 Å². The molecule has 0 unspecified atom stereocenters. The van der Waals surface area contributed by atoms with Crippen molar-refractivity contribution in [2.75, 3.05) is 31.2 Å². The van der Waals surface area contributed by atoms with Gasteiger partial charge < -0.3 is 15.0 Å². The molecule has 1 aromatic rings. The number of carbonyl (C=O) groups excluding carboxylic acids is 1. The van der Waals surface area contributed by atoms with Gasteiger partial charge in [-0.05, 0) is 25.8 Å². The number of rotatable bonds is 4. The zero-order valence-corrected chi connectivity index (χ0v) is 11.9. The number of ether oxygens (including phenoxy) is 1. The van der Waals surface area contributed by atoms with Gasteiger partial charge in [0.2, 0.25) is 5.91 Å². The molecule has 1 amide bonds. The predicted octanol–water partition coefficient (Wildman–Crippen LogP) is 1.33. The lowest BCUT2D eigenvalue weighted by molar-refractivity contribution is -0.157. The minimum absolute atomic E-state index is 0.0694. The largest absolute Gasteiger partial charge is 0.379 e. The van der Waals surface area contributed by atoms with Crippen molar-refractivity contribution < 1.29 is 9.53 Å². The maximum Gasteiger partial charge on any atom is 0.230 e. The molecule has 2 aliphatic rings. The highest BCUT2D eigenvalue weighted by atomic mass is 16.5. The number of anilines is 1. The van der Waals surface area contributed by atoms with E-state index in [0.717, 1.165) is 24.5 Å². The average molecular weight is 275 g/mol. The topological polar surface area (TPSA) is 54.5 Å². The lowest BCUT2D eigenvalue weighted by atomic mass is 9.87. The summed E-state index contributed by atoms with van der Waals surface area (Å²) in [5, 5.41) is 3.02. The van der Waals surface area contributed by atoms with Gasteiger partial charge in [0.1, 0.15) is 5.82 Å². The summed E-state index contributed by atoms with van der Waals surface area (Å²) in [6.07, 6.45) is 4.26. The van der Waals surface area contributed by atoms with E-state index < -0.39 is 0 Å². The van der Waals surface area contributed by atoms with Crippen molar-refractivity contribution in [1.29, 1.82) is 0 Å². The quantitative estimate of drug-likeness (QED) is 0.901. The van der Waals surface area contributed by atoms with E-state index in [1.807, 2.05) is 25.3 Å². The second-order valence-electron chi connectivity index (χ2n) is 5.92. The summed E-state index contributed by atoms with van der Waals surface area (Å²) in [5.74, 6) is 1.08. The first-order valence-corrected chi connectivity index (χ1v) is 7.24. The summed E-state index contributed by atoms with van der Waals surface area (Å²) in [6, 6.07) is 3.97. The van der Waals surface area contributed by atoms with Gasteiger partial charge in [0.15, 0.2) is 0 Å². The number of carbonyl (C=O) groups is 1. The van der Waals surface area contributed by atoms with E-state index in [2.05, 4.69) is 15.2 Å². The molecular formula is C15H21N3O2. The Balaban J connectivity index is 1.66. The summed E-state index contributed by atoms with van der Waals surface area (Å²) in [6.45, 7) is 5.63. The van der Waals surface area contributed by atoms with E-state index in [9.17, 15) is 4.79 Å². The van der Waals surface area contributed by atoms with Gasteiger partial charge in [0, 0.05) is 31.4 Å². The fourth-order valence-electron chi connectivity index (χ4n) is 2.71. The van der Waals surface area contributed by atoms with Gasteiger partial charge in [-0.25, -0.2) is 4.98 Å². The van der Waals surface area contributed by atoms with Crippen LogP contribution in [0.5, 0.6) is 0 Å². The van der Waals surface area contributed by atoms with Crippen molar-refractivity contribution in [3.05, 3.63) is 23.9 Å². The van der Waals surface area contributed by atoms with Gasteiger partial charge in [-0.15, -0.1) is 0 Å². The molecule has 2 fully saturated rings. The Morgan fingerprint density at radius 3 is 2.85 bits per heavy atom. The summed E-state index contributed by atoms with van der Waals surface area (Å²) in [5.41, 5.74) is 0.738. The van der Waals surface area contributed by atoms with Crippen LogP contribution in [0.3, 0.4) is 0 Å². The van der Waals surface area contributed by atoms with Gasteiger partial charge in [-0.2, -0.15) is 0 Å². The Labute approximate surface area is 119 Å². The van der Waals surface area contributed by atoms with Crippen molar-refractivity contribution in [2.24, 2.45) is 5.41 Å². The average Bonchev–Trinajstić information content (AvgIpc) is 2.96. The molecule has 20 heavy (non-hydrogen) atoms. The van der Waals surface area contributed by atoms with Crippen LogP contribution in [0.15, 0.2) is 18.3 Å². The van der Waals surface area contributed by atoms with Gasteiger partial charge >= 0.3 is 0 Å². The fourth-order valence-corrected chi connectivity index (χ4v) is 2.71. The molecule has 1 N–H and O–H groups in total. The molecule has 0 spiro atoms. The molecule has 1 aromatic heterocycles. The van der Waals surface area contributed by atoms with E-state index in [1.165, 1.54) is 12.8 Å². The van der Waals surface area contributed by atoms with Crippen LogP contribution in [0.2, 0.25) is 0 Å². The maximum atomic E-state index is 12.1. The van der Waals surface area contributed by atoms with Crippen molar-refractivity contribution in [2.45, 2.75) is 26.3 Å². The Bertz CT molecular complexity index is 494. The monoisotopic (exact) mass is 275 g/mol.